The highest BCUT2D eigenvalue weighted by atomic mass is 19.4. The van der Waals surface area contributed by atoms with Crippen LogP contribution in [-0.4, -0.2) is 61.9 Å². The summed E-state index contributed by atoms with van der Waals surface area (Å²) in [5, 5.41) is 9.13. The van der Waals surface area contributed by atoms with E-state index >= 15 is 0 Å². The summed E-state index contributed by atoms with van der Waals surface area (Å²) in [6, 6.07) is 12.7. The Morgan fingerprint density at radius 1 is 1.11 bits per heavy atom. The van der Waals surface area contributed by atoms with Gasteiger partial charge in [0, 0.05) is 56.9 Å². The first-order valence-electron chi connectivity index (χ1n) is 11.9. The van der Waals surface area contributed by atoms with Crippen molar-refractivity contribution in [1.82, 2.24) is 9.80 Å². The number of rotatable bonds is 3. The highest BCUT2D eigenvalue weighted by molar-refractivity contribution is 5.94. The van der Waals surface area contributed by atoms with E-state index < -0.39 is 28.6 Å². The number of hydrogen-bond donors (Lipinski definition) is 0. The van der Waals surface area contributed by atoms with Crippen LogP contribution in [-0.2, 0) is 11.0 Å². The molecule has 0 radical (unpaired) electrons. The van der Waals surface area contributed by atoms with Gasteiger partial charge in [0.05, 0.1) is 23.1 Å². The van der Waals surface area contributed by atoms with Gasteiger partial charge < -0.3 is 14.7 Å². The molecule has 2 saturated heterocycles. The summed E-state index contributed by atoms with van der Waals surface area (Å²) in [7, 11) is 3.36. The number of piperidine rings is 1. The van der Waals surface area contributed by atoms with Crippen LogP contribution in [0.2, 0.25) is 0 Å². The van der Waals surface area contributed by atoms with Gasteiger partial charge >= 0.3 is 6.18 Å². The third-order valence-corrected chi connectivity index (χ3v) is 7.49. The molecule has 190 valence electrons. The van der Waals surface area contributed by atoms with E-state index in [1.54, 1.807) is 31.1 Å². The Kier molecular flexibility index (Phi) is 6.74. The second-order valence-corrected chi connectivity index (χ2v) is 10.0. The first-order valence-corrected chi connectivity index (χ1v) is 11.9. The second-order valence-electron chi connectivity index (χ2n) is 10.0. The molecule has 36 heavy (non-hydrogen) atoms. The summed E-state index contributed by atoms with van der Waals surface area (Å²) in [6.45, 7) is 3.57. The molecule has 0 bridgehead atoms. The van der Waals surface area contributed by atoms with Gasteiger partial charge in [0.2, 0.25) is 5.91 Å². The molecule has 2 aliphatic rings. The minimum absolute atomic E-state index is 0.0548. The lowest BCUT2D eigenvalue weighted by molar-refractivity contribution is -0.138. The molecule has 0 aromatic heterocycles. The molecule has 2 aromatic carbocycles. The number of nitrogens with zero attached hydrogens (tertiary/aromatic N) is 4. The number of aryl methyl sites for hydroxylation is 1. The Morgan fingerprint density at radius 3 is 2.39 bits per heavy atom. The van der Waals surface area contributed by atoms with E-state index in [1.807, 2.05) is 30.0 Å². The fourth-order valence-corrected chi connectivity index (χ4v) is 5.50. The van der Waals surface area contributed by atoms with Gasteiger partial charge in [-0.1, -0.05) is 17.7 Å². The smallest absolute Gasteiger partial charge is 0.370 e. The molecule has 1 atom stereocenters. The number of alkyl halides is 3. The lowest BCUT2D eigenvalue weighted by Gasteiger charge is -2.42. The van der Waals surface area contributed by atoms with Crippen molar-refractivity contribution in [2.24, 2.45) is 11.3 Å². The predicted molar refractivity (Wildman–Crippen MR) is 129 cm³/mol. The van der Waals surface area contributed by atoms with E-state index in [2.05, 4.69) is 0 Å². The number of anilines is 1. The normalized spacial score (nSPS) is 19.3. The molecule has 0 saturated carbocycles. The van der Waals surface area contributed by atoms with Crippen molar-refractivity contribution < 1.29 is 22.8 Å². The summed E-state index contributed by atoms with van der Waals surface area (Å²) < 4.78 is 40.7. The number of halogens is 3. The average Bonchev–Trinajstić information content (AvgIpc) is 3.21. The molecule has 9 heteroatoms. The largest absolute Gasteiger partial charge is 0.417 e. The molecule has 2 aromatic rings. The number of nitriles is 1. The molecule has 0 aliphatic carbocycles. The third-order valence-electron chi connectivity index (χ3n) is 7.49. The van der Waals surface area contributed by atoms with E-state index in [0.29, 0.717) is 43.7 Å². The van der Waals surface area contributed by atoms with Gasteiger partial charge in [-0.25, -0.2) is 0 Å². The van der Waals surface area contributed by atoms with Crippen LogP contribution in [0.4, 0.5) is 18.9 Å². The minimum atomic E-state index is -4.65. The zero-order valence-corrected chi connectivity index (χ0v) is 20.6. The van der Waals surface area contributed by atoms with Crippen molar-refractivity contribution in [2.75, 3.05) is 45.2 Å². The Hall–Kier alpha value is -3.54. The van der Waals surface area contributed by atoms with Crippen molar-refractivity contribution in [3.05, 3.63) is 64.7 Å². The van der Waals surface area contributed by atoms with Gasteiger partial charge in [-0.05, 0) is 50.1 Å². The van der Waals surface area contributed by atoms with Crippen LogP contribution in [0.5, 0.6) is 0 Å². The highest BCUT2D eigenvalue weighted by Gasteiger charge is 2.52. The Balaban J connectivity index is 1.60. The quantitative estimate of drug-likeness (QED) is 0.632. The van der Waals surface area contributed by atoms with Crippen LogP contribution in [0.1, 0.15) is 39.9 Å². The fourth-order valence-electron chi connectivity index (χ4n) is 5.50. The van der Waals surface area contributed by atoms with Crippen molar-refractivity contribution in [3.63, 3.8) is 0 Å². The summed E-state index contributed by atoms with van der Waals surface area (Å²) in [6.07, 6.45) is -3.50. The van der Waals surface area contributed by atoms with Crippen LogP contribution in [0.15, 0.2) is 42.5 Å². The average molecular weight is 499 g/mol. The van der Waals surface area contributed by atoms with E-state index in [9.17, 15) is 22.8 Å². The zero-order valence-electron chi connectivity index (χ0n) is 20.6. The van der Waals surface area contributed by atoms with E-state index in [1.165, 1.54) is 17.0 Å². The summed E-state index contributed by atoms with van der Waals surface area (Å²) in [4.78, 5) is 31.4. The number of carbonyl (C=O) groups is 2. The molecule has 2 fully saturated rings. The molecule has 4 rings (SSSR count). The number of amides is 2. The van der Waals surface area contributed by atoms with Crippen molar-refractivity contribution in [1.29, 1.82) is 5.26 Å². The van der Waals surface area contributed by atoms with E-state index in [-0.39, 0.29) is 18.4 Å². The van der Waals surface area contributed by atoms with Crippen LogP contribution in [0.3, 0.4) is 0 Å². The molecule has 1 unspecified atom stereocenters. The second kappa shape index (κ2) is 9.49. The zero-order chi connectivity index (χ0) is 26.3. The van der Waals surface area contributed by atoms with Gasteiger partial charge in [0.25, 0.3) is 5.91 Å². The van der Waals surface area contributed by atoms with Crippen molar-refractivity contribution in [2.45, 2.75) is 25.9 Å². The maximum atomic E-state index is 13.6. The SMILES string of the molecule is Cc1cccc(C(=O)N2CCC3(CC2)CN(c2ccc(C#N)c(C(F)(F)F)c2)CC3C(=O)N(C)C)c1. The van der Waals surface area contributed by atoms with Gasteiger partial charge in [-0.2, -0.15) is 18.4 Å². The van der Waals surface area contributed by atoms with Crippen LogP contribution >= 0.6 is 0 Å². The van der Waals surface area contributed by atoms with Crippen LogP contribution in [0.25, 0.3) is 0 Å². The monoisotopic (exact) mass is 498 g/mol. The highest BCUT2D eigenvalue weighted by Crippen LogP contribution is 2.47. The van der Waals surface area contributed by atoms with Gasteiger partial charge in [-0.3, -0.25) is 9.59 Å². The summed E-state index contributed by atoms with van der Waals surface area (Å²) >= 11 is 0. The van der Waals surface area contributed by atoms with Crippen LogP contribution in [0, 0.1) is 29.6 Å². The van der Waals surface area contributed by atoms with Gasteiger partial charge in [0.1, 0.15) is 0 Å². The lowest BCUT2D eigenvalue weighted by Crippen LogP contribution is -2.49. The minimum Gasteiger partial charge on any atom is -0.370 e. The Labute approximate surface area is 208 Å². The predicted octanol–water partition coefficient (Wildman–Crippen LogP) is 4.33. The first kappa shape index (κ1) is 25.5. The third kappa shape index (κ3) is 4.77. The van der Waals surface area contributed by atoms with Crippen LogP contribution < -0.4 is 4.90 Å². The molecule has 6 nitrogen and oxygen atoms in total. The summed E-state index contributed by atoms with van der Waals surface area (Å²) in [5.74, 6) is -0.532. The number of benzene rings is 2. The standard InChI is InChI=1S/C27H29F3N4O2/c1-18-5-4-6-19(13-18)24(35)33-11-9-26(10-12-33)17-34(16-23(26)25(36)32(2)3)21-8-7-20(15-31)22(14-21)27(28,29)30/h4-8,13-14,23H,9-12,16-17H2,1-3H3. The maximum absolute atomic E-state index is 13.6. The van der Waals surface area contributed by atoms with Crippen molar-refractivity contribution >= 4 is 17.5 Å². The molecular weight excluding hydrogens is 469 g/mol. The first-order chi connectivity index (χ1) is 16.9. The lowest BCUT2D eigenvalue weighted by atomic mass is 9.70. The topological polar surface area (TPSA) is 67.6 Å². The van der Waals surface area contributed by atoms with E-state index in [4.69, 9.17) is 5.26 Å². The van der Waals surface area contributed by atoms with Crippen molar-refractivity contribution in [3.8, 4) is 6.07 Å². The molecular formula is C27H29F3N4O2. The van der Waals surface area contributed by atoms with E-state index in [0.717, 1.165) is 11.6 Å². The maximum Gasteiger partial charge on any atom is 0.417 e. The molecule has 1 spiro atoms. The molecule has 2 amide bonds. The number of likely N-dealkylation sites (tertiary alicyclic amines) is 1. The Morgan fingerprint density at radius 2 is 1.81 bits per heavy atom. The fraction of sp³-hybridized carbons (Fsp3) is 0.444. The van der Waals surface area contributed by atoms with Gasteiger partial charge in [0.15, 0.2) is 0 Å². The number of carbonyl (C=O) groups excluding carboxylic acids is 2. The summed E-state index contributed by atoms with van der Waals surface area (Å²) in [5.41, 5.74) is 0.0987. The van der Waals surface area contributed by atoms with Gasteiger partial charge in [-0.15, -0.1) is 0 Å². The molecule has 0 N–H and O–H groups in total. The molecule has 2 heterocycles. The Bertz CT molecular complexity index is 1210. The molecule has 2 aliphatic heterocycles. The number of hydrogen-bond acceptors (Lipinski definition) is 4.